The van der Waals surface area contributed by atoms with E-state index in [1.54, 1.807) is 17.4 Å². The lowest BCUT2D eigenvalue weighted by Crippen LogP contribution is -2.46. The van der Waals surface area contributed by atoms with Gasteiger partial charge in [0.25, 0.3) is 0 Å². The molecule has 6 nitrogen and oxygen atoms in total. The van der Waals surface area contributed by atoms with Crippen LogP contribution in [0.25, 0.3) is 10.2 Å². The number of likely N-dealkylation sites (tertiary alicyclic amines) is 1. The zero-order valence-corrected chi connectivity index (χ0v) is 14.0. The van der Waals surface area contributed by atoms with Gasteiger partial charge >= 0.3 is 11.8 Å². The van der Waals surface area contributed by atoms with Crippen molar-refractivity contribution in [3.05, 3.63) is 23.2 Å². The quantitative estimate of drug-likeness (QED) is 0.817. The topological polar surface area (TPSA) is 82.5 Å². The number of rotatable bonds is 2. The third kappa shape index (κ3) is 3.14. The molecule has 1 aromatic heterocycles. The first-order valence-corrected chi connectivity index (χ1v) is 9.10. The monoisotopic (exact) mass is 345 g/mol. The summed E-state index contributed by atoms with van der Waals surface area (Å²) in [5, 5.41) is 13.5. The average molecular weight is 345 g/mol. The molecule has 24 heavy (non-hydrogen) atoms. The molecule has 2 aromatic rings. The lowest BCUT2D eigenvalue weighted by atomic mass is 10.1. The van der Waals surface area contributed by atoms with Gasteiger partial charge in [-0.25, -0.2) is 4.98 Å². The van der Waals surface area contributed by atoms with Crippen molar-refractivity contribution in [2.45, 2.75) is 37.7 Å². The summed E-state index contributed by atoms with van der Waals surface area (Å²) in [5.74, 6) is -0.639. The highest BCUT2D eigenvalue weighted by molar-refractivity contribution is 7.18. The van der Waals surface area contributed by atoms with E-state index in [9.17, 15) is 14.7 Å². The van der Waals surface area contributed by atoms with Crippen molar-refractivity contribution in [3.8, 4) is 0 Å². The summed E-state index contributed by atoms with van der Waals surface area (Å²) in [6, 6.07) is 5.52. The zero-order chi connectivity index (χ0) is 16.7. The van der Waals surface area contributed by atoms with Crippen molar-refractivity contribution in [1.29, 1.82) is 0 Å². The number of nitrogens with one attached hydrogen (secondary N) is 1. The third-order valence-electron chi connectivity index (χ3n) is 4.47. The highest BCUT2D eigenvalue weighted by Crippen LogP contribution is 2.43. The van der Waals surface area contributed by atoms with Crippen molar-refractivity contribution in [2.24, 2.45) is 0 Å². The van der Waals surface area contributed by atoms with Gasteiger partial charge in [0.2, 0.25) is 0 Å². The third-order valence-corrected chi connectivity index (χ3v) is 5.65. The first-order valence-electron chi connectivity index (χ1n) is 8.29. The van der Waals surface area contributed by atoms with Crippen LogP contribution in [-0.4, -0.2) is 46.0 Å². The number of anilines is 1. The van der Waals surface area contributed by atoms with Crippen LogP contribution in [0.1, 0.15) is 36.6 Å². The molecule has 1 aliphatic heterocycles. The number of aliphatic hydroxyl groups excluding tert-OH is 1. The van der Waals surface area contributed by atoms with Crippen molar-refractivity contribution in [2.75, 3.05) is 18.4 Å². The van der Waals surface area contributed by atoms with Gasteiger partial charge in [0, 0.05) is 24.7 Å². The normalized spacial score (nSPS) is 21.0. The number of carbonyl (C=O) groups excluding carboxylic acids is 2. The summed E-state index contributed by atoms with van der Waals surface area (Å²) in [4.78, 5) is 30.4. The molecule has 2 aliphatic rings. The number of β-amino-alcohol motifs (C(OH)–C–C–N with tert-alkyl or cyclic N) is 1. The Morgan fingerprint density at radius 3 is 2.88 bits per heavy atom. The van der Waals surface area contributed by atoms with Crippen LogP contribution in [0.15, 0.2) is 18.2 Å². The van der Waals surface area contributed by atoms with E-state index < -0.39 is 17.9 Å². The Labute approximate surface area is 143 Å². The predicted molar refractivity (Wildman–Crippen MR) is 92.0 cm³/mol. The number of aliphatic hydroxyl groups is 1. The minimum atomic E-state index is -0.657. The molecule has 2 amide bonds. The number of aromatic nitrogens is 1. The van der Waals surface area contributed by atoms with E-state index >= 15 is 0 Å². The van der Waals surface area contributed by atoms with Gasteiger partial charge in [0.1, 0.15) is 0 Å². The Kier molecular flexibility index (Phi) is 3.97. The minimum Gasteiger partial charge on any atom is -0.391 e. The Hall–Kier alpha value is -1.99. The second-order valence-electron chi connectivity index (χ2n) is 6.51. The lowest BCUT2D eigenvalue weighted by Gasteiger charge is -2.29. The molecule has 0 spiro atoms. The Morgan fingerprint density at radius 2 is 2.12 bits per heavy atom. The van der Waals surface area contributed by atoms with Gasteiger partial charge in [-0.1, -0.05) is 0 Å². The summed E-state index contributed by atoms with van der Waals surface area (Å²) in [6.45, 7) is 0.743. The van der Waals surface area contributed by atoms with Crippen molar-refractivity contribution in [3.63, 3.8) is 0 Å². The van der Waals surface area contributed by atoms with Gasteiger partial charge in [-0.3, -0.25) is 9.59 Å². The zero-order valence-electron chi connectivity index (χ0n) is 13.2. The molecule has 0 bridgehead atoms. The van der Waals surface area contributed by atoms with E-state index in [0.717, 1.165) is 21.6 Å². The van der Waals surface area contributed by atoms with E-state index in [4.69, 9.17) is 0 Å². The van der Waals surface area contributed by atoms with Gasteiger partial charge in [-0.15, -0.1) is 11.3 Å². The highest BCUT2D eigenvalue weighted by atomic mass is 32.1. The highest BCUT2D eigenvalue weighted by Gasteiger charge is 2.28. The number of thiazole rings is 1. The second-order valence-corrected chi connectivity index (χ2v) is 7.57. The maximum atomic E-state index is 12.2. The SMILES string of the molecule is O=C(Nc1ccc2nc(C3CC3)sc2c1)C(=O)N1CCC[C@H](O)C1. The summed E-state index contributed by atoms with van der Waals surface area (Å²) < 4.78 is 1.02. The molecule has 1 aliphatic carbocycles. The Bertz CT molecular complexity index is 799. The van der Waals surface area contributed by atoms with Crippen molar-refractivity contribution >= 4 is 39.1 Å². The number of nitrogens with zero attached hydrogens (tertiary/aromatic N) is 2. The van der Waals surface area contributed by atoms with E-state index in [2.05, 4.69) is 10.3 Å². The fraction of sp³-hybridized carbons (Fsp3) is 0.471. The Balaban J connectivity index is 1.46. The molecular weight excluding hydrogens is 326 g/mol. The van der Waals surface area contributed by atoms with Crippen LogP contribution in [-0.2, 0) is 9.59 Å². The molecule has 4 rings (SSSR count). The first kappa shape index (κ1) is 15.5. The first-order chi connectivity index (χ1) is 11.6. The Morgan fingerprint density at radius 1 is 1.29 bits per heavy atom. The molecule has 0 radical (unpaired) electrons. The molecule has 2 heterocycles. The van der Waals surface area contributed by atoms with E-state index in [0.29, 0.717) is 24.6 Å². The molecule has 1 saturated carbocycles. The average Bonchev–Trinajstić information content (AvgIpc) is 3.34. The fourth-order valence-electron chi connectivity index (χ4n) is 2.99. The number of benzene rings is 1. The van der Waals surface area contributed by atoms with Gasteiger partial charge in [-0.2, -0.15) is 0 Å². The molecule has 2 N–H and O–H groups in total. The van der Waals surface area contributed by atoms with E-state index in [-0.39, 0.29) is 6.54 Å². The van der Waals surface area contributed by atoms with Crippen LogP contribution < -0.4 is 5.32 Å². The standard InChI is InChI=1S/C17H19N3O3S/c21-12-2-1-7-20(9-12)17(23)15(22)18-11-5-6-13-14(8-11)24-16(19-13)10-3-4-10/h5-6,8,10,12,21H,1-4,7,9H2,(H,18,22)/t12-/m0/s1. The van der Waals surface area contributed by atoms with Crippen LogP contribution in [0.5, 0.6) is 0 Å². The maximum absolute atomic E-state index is 12.2. The van der Waals surface area contributed by atoms with Crippen LogP contribution in [0.2, 0.25) is 0 Å². The number of hydrogen-bond donors (Lipinski definition) is 2. The van der Waals surface area contributed by atoms with Gasteiger partial charge in [0.15, 0.2) is 0 Å². The smallest absolute Gasteiger partial charge is 0.313 e. The number of carbonyl (C=O) groups is 2. The van der Waals surface area contributed by atoms with E-state index in [1.165, 1.54) is 17.7 Å². The van der Waals surface area contributed by atoms with Crippen LogP contribution >= 0.6 is 11.3 Å². The van der Waals surface area contributed by atoms with Gasteiger partial charge < -0.3 is 15.3 Å². The number of hydrogen-bond acceptors (Lipinski definition) is 5. The number of fused-ring (bicyclic) bond motifs is 1. The second kappa shape index (κ2) is 6.14. The molecule has 1 saturated heterocycles. The van der Waals surface area contributed by atoms with Crippen molar-refractivity contribution < 1.29 is 14.7 Å². The summed E-state index contributed by atoms with van der Waals surface area (Å²) in [6.07, 6.45) is 3.28. The summed E-state index contributed by atoms with van der Waals surface area (Å²) in [7, 11) is 0. The molecule has 1 aromatic carbocycles. The fourth-order valence-corrected chi connectivity index (χ4v) is 4.17. The molecule has 0 unspecified atom stereocenters. The van der Waals surface area contributed by atoms with Crippen LogP contribution in [0, 0.1) is 0 Å². The largest absolute Gasteiger partial charge is 0.391 e. The minimum absolute atomic E-state index is 0.227. The lowest BCUT2D eigenvalue weighted by molar-refractivity contribution is -0.145. The van der Waals surface area contributed by atoms with Crippen molar-refractivity contribution in [1.82, 2.24) is 9.88 Å². The maximum Gasteiger partial charge on any atom is 0.313 e. The van der Waals surface area contributed by atoms with Gasteiger partial charge in [-0.05, 0) is 43.9 Å². The molecule has 7 heteroatoms. The molecule has 126 valence electrons. The van der Waals surface area contributed by atoms with Crippen LogP contribution in [0.4, 0.5) is 5.69 Å². The summed E-state index contributed by atoms with van der Waals surface area (Å²) >= 11 is 1.66. The molecular formula is C17H19N3O3S. The molecule has 2 fully saturated rings. The predicted octanol–water partition coefficient (Wildman–Crippen LogP) is 2.10. The van der Waals surface area contributed by atoms with E-state index in [1.807, 2.05) is 12.1 Å². The number of piperidine rings is 1. The number of amides is 2. The van der Waals surface area contributed by atoms with Crippen LogP contribution in [0.3, 0.4) is 0 Å². The summed E-state index contributed by atoms with van der Waals surface area (Å²) in [5.41, 5.74) is 1.54. The molecule has 1 atom stereocenters. The van der Waals surface area contributed by atoms with Gasteiger partial charge in [0.05, 0.1) is 21.3 Å².